The molecule has 0 heterocycles. The lowest BCUT2D eigenvalue weighted by Gasteiger charge is -2.23. The highest BCUT2D eigenvalue weighted by Crippen LogP contribution is 2.41. The lowest BCUT2D eigenvalue weighted by atomic mass is 9.91. The fourth-order valence-corrected chi connectivity index (χ4v) is 2.41. The average molecular weight is 211 g/mol. The predicted molar refractivity (Wildman–Crippen MR) is 58.4 cm³/mol. The molecule has 1 N–H and O–H groups in total. The molecular weight excluding hydrogens is 196 g/mol. The van der Waals surface area contributed by atoms with Gasteiger partial charge in [0.05, 0.1) is 5.60 Å². The zero-order valence-electron chi connectivity index (χ0n) is 8.33. The van der Waals surface area contributed by atoms with Crippen molar-refractivity contribution in [1.29, 1.82) is 0 Å². The van der Waals surface area contributed by atoms with Crippen molar-refractivity contribution in [1.82, 2.24) is 0 Å². The van der Waals surface area contributed by atoms with Crippen molar-refractivity contribution in [3.8, 4) is 0 Å². The summed E-state index contributed by atoms with van der Waals surface area (Å²) in [6.07, 6.45) is 2.85. The van der Waals surface area contributed by atoms with E-state index in [9.17, 15) is 5.11 Å². The van der Waals surface area contributed by atoms with E-state index in [0.717, 1.165) is 29.8 Å². The van der Waals surface area contributed by atoms with E-state index in [2.05, 4.69) is 6.92 Å². The summed E-state index contributed by atoms with van der Waals surface area (Å²) >= 11 is 5.81. The molecule has 2 unspecified atom stereocenters. The summed E-state index contributed by atoms with van der Waals surface area (Å²) in [5.74, 6) is 0.621. The Morgan fingerprint density at radius 2 is 2.00 bits per heavy atom. The van der Waals surface area contributed by atoms with Crippen molar-refractivity contribution in [3.05, 3.63) is 34.9 Å². The molecule has 0 radical (unpaired) electrons. The minimum absolute atomic E-state index is 0.607. The molecule has 0 bridgehead atoms. The van der Waals surface area contributed by atoms with Gasteiger partial charge >= 0.3 is 0 Å². The van der Waals surface area contributed by atoms with Crippen molar-refractivity contribution in [3.63, 3.8) is 0 Å². The summed E-state index contributed by atoms with van der Waals surface area (Å²) in [5.41, 5.74) is 0.399. The molecule has 1 fully saturated rings. The van der Waals surface area contributed by atoms with Crippen LogP contribution in [0.2, 0.25) is 5.02 Å². The Labute approximate surface area is 89.7 Å². The van der Waals surface area contributed by atoms with Crippen LogP contribution in [0, 0.1) is 5.92 Å². The first-order valence-corrected chi connectivity index (χ1v) is 5.46. The standard InChI is InChI=1S/C12H15ClO/c1-9-6-7-12(14,8-9)10-2-4-11(13)5-3-10/h2-5,9,14H,6-8H2,1H3. The summed E-state index contributed by atoms with van der Waals surface area (Å²) in [6, 6.07) is 7.55. The SMILES string of the molecule is CC1CCC(O)(c2ccc(Cl)cc2)C1. The highest BCUT2D eigenvalue weighted by atomic mass is 35.5. The lowest BCUT2D eigenvalue weighted by molar-refractivity contribution is 0.0408. The maximum atomic E-state index is 10.4. The number of halogens is 1. The zero-order valence-corrected chi connectivity index (χ0v) is 9.09. The molecule has 1 aliphatic rings. The van der Waals surface area contributed by atoms with E-state index in [1.54, 1.807) is 0 Å². The predicted octanol–water partition coefficient (Wildman–Crippen LogP) is 3.35. The van der Waals surface area contributed by atoms with Gasteiger partial charge in [0.25, 0.3) is 0 Å². The minimum atomic E-state index is -0.607. The van der Waals surface area contributed by atoms with E-state index in [4.69, 9.17) is 11.6 Å². The van der Waals surface area contributed by atoms with Crippen LogP contribution in [-0.2, 0) is 5.60 Å². The van der Waals surface area contributed by atoms with Gasteiger partial charge in [-0.3, -0.25) is 0 Å². The Hall–Kier alpha value is -0.530. The Kier molecular flexibility index (Phi) is 2.54. The van der Waals surface area contributed by atoms with Crippen LogP contribution in [0.5, 0.6) is 0 Å². The molecule has 0 aromatic heterocycles. The highest BCUT2D eigenvalue weighted by Gasteiger charge is 2.36. The summed E-state index contributed by atoms with van der Waals surface area (Å²) in [4.78, 5) is 0. The normalized spacial score (nSPS) is 32.1. The van der Waals surface area contributed by atoms with Crippen molar-refractivity contribution >= 4 is 11.6 Å². The molecule has 0 saturated heterocycles. The first kappa shape index (κ1) is 10.0. The van der Waals surface area contributed by atoms with E-state index >= 15 is 0 Å². The third kappa shape index (κ3) is 1.79. The molecule has 14 heavy (non-hydrogen) atoms. The molecule has 0 spiro atoms. The van der Waals surface area contributed by atoms with Crippen molar-refractivity contribution in [2.45, 2.75) is 31.8 Å². The smallest absolute Gasteiger partial charge is 0.0899 e. The summed E-state index contributed by atoms with van der Waals surface area (Å²) in [7, 11) is 0. The van der Waals surface area contributed by atoms with Gasteiger partial charge in [-0.25, -0.2) is 0 Å². The summed E-state index contributed by atoms with van der Waals surface area (Å²) < 4.78 is 0. The molecule has 1 aliphatic carbocycles. The number of rotatable bonds is 1. The fraction of sp³-hybridized carbons (Fsp3) is 0.500. The molecule has 2 rings (SSSR count). The molecular formula is C12H15ClO. The lowest BCUT2D eigenvalue weighted by Crippen LogP contribution is -2.21. The maximum Gasteiger partial charge on any atom is 0.0899 e. The molecule has 1 saturated carbocycles. The van der Waals surface area contributed by atoms with Gasteiger partial charge in [0.2, 0.25) is 0 Å². The van der Waals surface area contributed by atoms with Crippen molar-refractivity contribution < 1.29 is 5.11 Å². The van der Waals surface area contributed by atoms with Crippen LogP contribution in [0.15, 0.2) is 24.3 Å². The second-order valence-electron chi connectivity index (χ2n) is 4.39. The zero-order chi connectivity index (χ0) is 10.2. The second-order valence-corrected chi connectivity index (χ2v) is 4.82. The van der Waals surface area contributed by atoms with Crippen LogP contribution in [-0.4, -0.2) is 5.11 Å². The molecule has 76 valence electrons. The Morgan fingerprint density at radius 1 is 1.36 bits per heavy atom. The van der Waals surface area contributed by atoms with E-state index in [1.807, 2.05) is 24.3 Å². The van der Waals surface area contributed by atoms with Gasteiger partial charge in [-0.1, -0.05) is 30.7 Å². The summed E-state index contributed by atoms with van der Waals surface area (Å²) in [5, 5.41) is 11.1. The number of aliphatic hydroxyl groups is 1. The first-order chi connectivity index (χ1) is 6.60. The van der Waals surface area contributed by atoms with E-state index in [-0.39, 0.29) is 0 Å². The molecule has 2 atom stereocenters. The highest BCUT2D eigenvalue weighted by molar-refractivity contribution is 6.30. The van der Waals surface area contributed by atoms with Crippen LogP contribution < -0.4 is 0 Å². The molecule has 2 heteroatoms. The van der Waals surface area contributed by atoms with E-state index in [0.29, 0.717) is 5.92 Å². The largest absolute Gasteiger partial charge is 0.385 e. The van der Waals surface area contributed by atoms with Gasteiger partial charge in [0.15, 0.2) is 0 Å². The average Bonchev–Trinajstić information content (AvgIpc) is 2.48. The molecule has 0 aliphatic heterocycles. The molecule has 1 aromatic rings. The third-order valence-electron chi connectivity index (χ3n) is 3.12. The fourth-order valence-electron chi connectivity index (χ4n) is 2.29. The van der Waals surface area contributed by atoms with Gasteiger partial charge < -0.3 is 5.11 Å². The monoisotopic (exact) mass is 210 g/mol. The first-order valence-electron chi connectivity index (χ1n) is 5.08. The van der Waals surface area contributed by atoms with Crippen LogP contribution in [0.3, 0.4) is 0 Å². The Morgan fingerprint density at radius 3 is 2.50 bits per heavy atom. The second kappa shape index (κ2) is 3.56. The third-order valence-corrected chi connectivity index (χ3v) is 3.37. The topological polar surface area (TPSA) is 20.2 Å². The molecule has 1 nitrogen and oxygen atoms in total. The minimum Gasteiger partial charge on any atom is -0.385 e. The maximum absolute atomic E-state index is 10.4. The van der Waals surface area contributed by atoms with Crippen molar-refractivity contribution in [2.75, 3.05) is 0 Å². The Balaban J connectivity index is 2.26. The van der Waals surface area contributed by atoms with E-state index < -0.39 is 5.60 Å². The van der Waals surface area contributed by atoms with Gasteiger partial charge in [-0.15, -0.1) is 0 Å². The molecule has 1 aromatic carbocycles. The van der Waals surface area contributed by atoms with Gasteiger partial charge in [-0.2, -0.15) is 0 Å². The van der Waals surface area contributed by atoms with Gasteiger partial charge in [0.1, 0.15) is 0 Å². The van der Waals surface area contributed by atoms with Crippen LogP contribution in [0.25, 0.3) is 0 Å². The van der Waals surface area contributed by atoms with Crippen LogP contribution >= 0.6 is 11.6 Å². The van der Waals surface area contributed by atoms with Crippen LogP contribution in [0.1, 0.15) is 31.7 Å². The van der Waals surface area contributed by atoms with Crippen LogP contribution in [0.4, 0.5) is 0 Å². The number of benzene rings is 1. The summed E-state index contributed by atoms with van der Waals surface area (Å²) in [6.45, 7) is 2.19. The quantitative estimate of drug-likeness (QED) is 0.754. The number of hydrogen-bond donors (Lipinski definition) is 1. The van der Waals surface area contributed by atoms with E-state index in [1.165, 1.54) is 0 Å². The Bertz CT molecular complexity index is 320. The van der Waals surface area contributed by atoms with Gasteiger partial charge in [0, 0.05) is 5.02 Å². The van der Waals surface area contributed by atoms with Gasteiger partial charge in [-0.05, 0) is 42.9 Å². The number of hydrogen-bond acceptors (Lipinski definition) is 1. The molecule has 0 amide bonds. The van der Waals surface area contributed by atoms with Crippen molar-refractivity contribution in [2.24, 2.45) is 5.92 Å².